The maximum absolute atomic E-state index is 13.9. The number of hydrogen-bond acceptors (Lipinski definition) is 6. The van der Waals surface area contributed by atoms with Crippen LogP contribution in [0.3, 0.4) is 0 Å². The molecule has 1 unspecified atom stereocenters. The van der Waals surface area contributed by atoms with E-state index in [1.165, 1.54) is 15.5 Å². The molecule has 1 aliphatic carbocycles. The fourth-order valence-electron chi connectivity index (χ4n) is 5.44. The van der Waals surface area contributed by atoms with E-state index in [2.05, 4.69) is 16.0 Å². The number of primary amides is 1. The molecule has 1 aromatic rings. The van der Waals surface area contributed by atoms with Gasteiger partial charge in [0.2, 0.25) is 17.6 Å². The minimum absolute atomic E-state index is 0.00528. The maximum atomic E-state index is 13.9. The summed E-state index contributed by atoms with van der Waals surface area (Å²) in [5, 5.41) is 8.43. The Morgan fingerprint density at radius 1 is 1.00 bits per heavy atom. The van der Waals surface area contributed by atoms with E-state index in [0.29, 0.717) is 25.8 Å². The fraction of sp³-hybridized carbons (Fsp3) is 0.667. The second-order valence-corrected chi connectivity index (χ2v) is 13.0. The molecule has 1 saturated heterocycles. The summed E-state index contributed by atoms with van der Waals surface area (Å²) in [5.74, 6) is -2.62. The van der Waals surface area contributed by atoms with Crippen molar-refractivity contribution in [3.8, 4) is 0 Å². The Labute approximate surface area is 247 Å². The summed E-state index contributed by atoms with van der Waals surface area (Å²) in [6.07, 6.45) is 5.85. The summed E-state index contributed by atoms with van der Waals surface area (Å²) in [6.45, 7) is 9.91. The van der Waals surface area contributed by atoms with Crippen LogP contribution in [0.4, 0.5) is 4.79 Å². The molecule has 2 fully saturated rings. The summed E-state index contributed by atoms with van der Waals surface area (Å²) in [6, 6.07) is 1.08. The summed E-state index contributed by atoms with van der Waals surface area (Å²) in [5.41, 5.74) is 4.37. The van der Waals surface area contributed by atoms with E-state index in [-0.39, 0.29) is 30.0 Å². The van der Waals surface area contributed by atoms with Gasteiger partial charge in [-0.05, 0) is 42.6 Å². The number of urea groups is 1. The Balaban J connectivity index is 1.71. The molecule has 12 nitrogen and oxygen atoms in total. The van der Waals surface area contributed by atoms with Gasteiger partial charge in [0.1, 0.15) is 12.1 Å². The molecule has 5 N–H and O–H groups in total. The van der Waals surface area contributed by atoms with Crippen LogP contribution in [0.15, 0.2) is 29.2 Å². The zero-order valence-electron chi connectivity index (χ0n) is 25.4. The number of likely N-dealkylation sites (tertiary alicyclic amines) is 1. The Hall–Kier alpha value is -3.70. The molecule has 2 aliphatic rings. The van der Waals surface area contributed by atoms with Gasteiger partial charge in [0.05, 0.1) is 12.1 Å². The molecule has 1 aliphatic heterocycles. The lowest BCUT2D eigenvalue weighted by Gasteiger charge is -2.36. The normalized spacial score (nSPS) is 19.4. The molecule has 0 bridgehead atoms. The second kappa shape index (κ2) is 14.0. The van der Waals surface area contributed by atoms with Gasteiger partial charge in [0, 0.05) is 25.4 Å². The number of pyridine rings is 1. The SMILES string of the molecule is CC(C)[C@@H](Cn1ccccc1=O)NC(=O)N[C@H](C(=O)N1CCC[C@H]1C(=O)NC(CC1CCC1)C(=O)C(N)=O)C(C)(C)C. The number of aromatic nitrogens is 1. The molecule has 12 heteroatoms. The molecule has 2 heterocycles. The predicted octanol–water partition coefficient (Wildman–Crippen LogP) is 1.31. The average molecular weight is 587 g/mol. The monoisotopic (exact) mass is 586 g/mol. The third-order valence-electron chi connectivity index (χ3n) is 8.31. The number of hydrogen-bond donors (Lipinski definition) is 4. The number of amides is 5. The zero-order valence-corrected chi connectivity index (χ0v) is 25.4. The van der Waals surface area contributed by atoms with E-state index in [1.807, 2.05) is 34.6 Å². The Kier molecular flexibility index (Phi) is 10.9. The summed E-state index contributed by atoms with van der Waals surface area (Å²) in [4.78, 5) is 78.2. The third kappa shape index (κ3) is 8.42. The number of carbonyl (C=O) groups excluding carboxylic acids is 5. The highest BCUT2D eigenvalue weighted by Gasteiger charge is 2.43. The van der Waals surface area contributed by atoms with Crippen LogP contribution in [0, 0.1) is 17.3 Å². The second-order valence-electron chi connectivity index (χ2n) is 13.0. The molecule has 0 radical (unpaired) electrons. The maximum Gasteiger partial charge on any atom is 0.315 e. The van der Waals surface area contributed by atoms with Gasteiger partial charge in [0.25, 0.3) is 11.5 Å². The minimum Gasteiger partial charge on any atom is -0.363 e. The quantitative estimate of drug-likeness (QED) is 0.269. The van der Waals surface area contributed by atoms with E-state index in [1.54, 1.807) is 18.3 Å². The minimum atomic E-state index is -1.10. The molecule has 3 rings (SSSR count). The number of nitrogens with zero attached hydrogens (tertiary/aromatic N) is 2. The van der Waals surface area contributed by atoms with Gasteiger partial charge in [-0.3, -0.25) is 24.0 Å². The van der Waals surface area contributed by atoms with Gasteiger partial charge < -0.3 is 31.2 Å². The smallest absolute Gasteiger partial charge is 0.315 e. The molecular weight excluding hydrogens is 540 g/mol. The Bertz CT molecular complexity index is 1220. The highest BCUT2D eigenvalue weighted by molar-refractivity contribution is 6.37. The number of nitrogens with two attached hydrogens (primary N) is 1. The fourth-order valence-corrected chi connectivity index (χ4v) is 5.44. The van der Waals surface area contributed by atoms with Crippen LogP contribution < -0.4 is 27.2 Å². The number of Topliss-reactive ketones (excluding diaryl/α,β-unsaturated/α-hetero) is 1. The number of rotatable bonds is 12. The first-order valence-corrected chi connectivity index (χ1v) is 14.9. The van der Waals surface area contributed by atoms with Crippen molar-refractivity contribution < 1.29 is 24.0 Å². The van der Waals surface area contributed by atoms with Crippen LogP contribution in [0.25, 0.3) is 0 Å². The Morgan fingerprint density at radius 3 is 2.24 bits per heavy atom. The van der Waals surface area contributed by atoms with Crippen LogP contribution in [0.1, 0.15) is 73.1 Å². The number of nitrogens with one attached hydrogen (secondary N) is 3. The topological polar surface area (TPSA) is 173 Å². The van der Waals surface area contributed by atoms with Crippen LogP contribution >= 0.6 is 0 Å². The molecule has 0 aromatic carbocycles. The third-order valence-corrected chi connectivity index (χ3v) is 8.31. The van der Waals surface area contributed by atoms with Gasteiger partial charge in [-0.1, -0.05) is 59.9 Å². The van der Waals surface area contributed by atoms with Crippen molar-refractivity contribution in [2.24, 2.45) is 23.0 Å². The van der Waals surface area contributed by atoms with E-state index < -0.39 is 53.1 Å². The molecule has 5 amide bonds. The molecule has 232 valence electrons. The van der Waals surface area contributed by atoms with Crippen molar-refractivity contribution in [3.05, 3.63) is 34.7 Å². The lowest BCUT2D eigenvalue weighted by molar-refractivity contribution is -0.143. The summed E-state index contributed by atoms with van der Waals surface area (Å²) < 4.78 is 1.52. The molecule has 0 spiro atoms. The van der Waals surface area contributed by atoms with Gasteiger partial charge in [-0.25, -0.2) is 4.79 Å². The number of carbonyl (C=O) groups is 5. The van der Waals surface area contributed by atoms with E-state index >= 15 is 0 Å². The van der Waals surface area contributed by atoms with Gasteiger partial charge in [0.15, 0.2) is 0 Å². The predicted molar refractivity (Wildman–Crippen MR) is 157 cm³/mol. The van der Waals surface area contributed by atoms with Crippen molar-refractivity contribution in [3.63, 3.8) is 0 Å². The zero-order chi connectivity index (χ0) is 31.2. The molecule has 1 saturated carbocycles. The van der Waals surface area contributed by atoms with E-state index in [0.717, 1.165) is 19.3 Å². The highest BCUT2D eigenvalue weighted by Crippen LogP contribution is 2.31. The summed E-state index contributed by atoms with van der Waals surface area (Å²) >= 11 is 0. The molecule has 4 atom stereocenters. The Morgan fingerprint density at radius 2 is 1.69 bits per heavy atom. The lowest BCUT2D eigenvalue weighted by Crippen LogP contribution is -2.61. The highest BCUT2D eigenvalue weighted by atomic mass is 16.2. The van der Waals surface area contributed by atoms with Gasteiger partial charge >= 0.3 is 6.03 Å². The molecular formula is C30H46N6O6. The summed E-state index contributed by atoms with van der Waals surface area (Å²) in [7, 11) is 0. The van der Waals surface area contributed by atoms with Crippen molar-refractivity contribution in [1.82, 2.24) is 25.4 Å². The van der Waals surface area contributed by atoms with Crippen molar-refractivity contribution in [2.45, 2.75) is 104 Å². The van der Waals surface area contributed by atoms with Crippen LogP contribution in [0.5, 0.6) is 0 Å². The van der Waals surface area contributed by atoms with Crippen molar-refractivity contribution in [1.29, 1.82) is 0 Å². The number of ketones is 1. The van der Waals surface area contributed by atoms with E-state index in [9.17, 15) is 28.8 Å². The van der Waals surface area contributed by atoms with Crippen LogP contribution in [-0.4, -0.2) is 69.7 Å². The average Bonchev–Trinajstić information content (AvgIpc) is 3.38. The lowest BCUT2D eigenvalue weighted by atomic mass is 9.80. The van der Waals surface area contributed by atoms with Crippen LogP contribution in [0.2, 0.25) is 0 Å². The largest absolute Gasteiger partial charge is 0.363 e. The first-order chi connectivity index (χ1) is 19.7. The van der Waals surface area contributed by atoms with Crippen LogP contribution in [-0.2, 0) is 25.7 Å². The van der Waals surface area contributed by atoms with E-state index in [4.69, 9.17) is 5.73 Å². The van der Waals surface area contributed by atoms with Crippen molar-refractivity contribution >= 4 is 29.5 Å². The van der Waals surface area contributed by atoms with Gasteiger partial charge in [-0.2, -0.15) is 0 Å². The first-order valence-electron chi connectivity index (χ1n) is 14.9. The molecule has 42 heavy (non-hydrogen) atoms. The standard InChI is InChI=1S/C30H46N6O6/c1-18(2)21(17-35-14-7-6-13-23(35)37)33-29(42)34-25(30(3,4)5)28(41)36-15-9-12-22(36)27(40)32-20(24(38)26(31)39)16-19-10-8-11-19/h6-7,13-14,18-22,25H,8-12,15-17H2,1-5H3,(H2,31,39)(H,32,40)(H2,33,34,42)/t20?,21-,22+,25-/m1/s1. The first kappa shape index (κ1) is 32.8. The molecule has 1 aromatic heterocycles. The van der Waals surface area contributed by atoms with Gasteiger partial charge in [-0.15, -0.1) is 0 Å². The van der Waals surface area contributed by atoms with Crippen molar-refractivity contribution in [2.75, 3.05) is 6.54 Å².